The molecule has 2 heterocycles. The van der Waals surface area contributed by atoms with Gasteiger partial charge in [-0.25, -0.2) is 4.57 Å². The minimum absolute atomic E-state index is 0.570. The Morgan fingerprint density at radius 1 is 0.925 bits per heavy atom. The molecule has 0 radical (unpaired) electrons. The highest BCUT2D eigenvalue weighted by atomic mass is 16.3. The molecule has 202 valence electrons. The van der Waals surface area contributed by atoms with E-state index >= 15 is 0 Å². The molecule has 0 aliphatic heterocycles. The van der Waals surface area contributed by atoms with E-state index in [0.717, 1.165) is 44.3 Å². The molecular formula is C37H39N2O+. The second-order valence-corrected chi connectivity index (χ2v) is 12.5. The van der Waals surface area contributed by atoms with Gasteiger partial charge in [-0.15, -0.1) is 0 Å². The van der Waals surface area contributed by atoms with Crippen LogP contribution in [0.3, 0.4) is 0 Å². The number of nitriles is 1. The van der Waals surface area contributed by atoms with Crippen molar-refractivity contribution in [1.82, 2.24) is 0 Å². The van der Waals surface area contributed by atoms with E-state index in [1.807, 2.05) is 62.8 Å². The highest BCUT2D eigenvalue weighted by Crippen LogP contribution is 2.42. The second kappa shape index (κ2) is 10.3. The van der Waals surface area contributed by atoms with Crippen LogP contribution in [0, 0.1) is 23.7 Å². The van der Waals surface area contributed by atoms with Crippen LogP contribution >= 0.6 is 0 Å². The molecule has 0 spiro atoms. The summed E-state index contributed by atoms with van der Waals surface area (Å²) in [6.45, 7) is 7.86. The molecule has 3 aromatic carbocycles. The van der Waals surface area contributed by atoms with Gasteiger partial charge in [0.05, 0.1) is 17.2 Å². The van der Waals surface area contributed by atoms with Gasteiger partial charge in [-0.2, -0.15) is 5.26 Å². The second-order valence-electron chi connectivity index (χ2n) is 12.5. The van der Waals surface area contributed by atoms with Gasteiger partial charge >= 0.3 is 0 Å². The Labute approximate surface area is 240 Å². The fourth-order valence-electron chi connectivity index (χ4n) is 6.39. The first-order chi connectivity index (χ1) is 20.0. The van der Waals surface area contributed by atoms with Crippen LogP contribution in [-0.4, -0.2) is 0 Å². The number of benzene rings is 3. The molecule has 2 aromatic heterocycles. The van der Waals surface area contributed by atoms with Crippen LogP contribution in [0.15, 0.2) is 71.3 Å². The molecule has 6 rings (SSSR count). The van der Waals surface area contributed by atoms with Crippen molar-refractivity contribution >= 4 is 21.9 Å². The third-order valence-corrected chi connectivity index (χ3v) is 8.34. The molecule has 0 atom stereocenters. The molecule has 1 aliphatic carbocycles. The fraction of sp³-hybridized carbons (Fsp3) is 0.351. The number of nitrogens with zero attached hydrogens (tertiary/aromatic N) is 2. The first-order valence-electron chi connectivity index (χ1n) is 15.5. The molecule has 0 N–H and O–H groups in total. The van der Waals surface area contributed by atoms with E-state index in [2.05, 4.69) is 49.4 Å². The summed E-state index contributed by atoms with van der Waals surface area (Å²) in [5.74, 6) is 0.622. The van der Waals surface area contributed by atoms with E-state index in [-0.39, 0.29) is 0 Å². The lowest BCUT2D eigenvalue weighted by Crippen LogP contribution is -2.31. The zero-order chi connectivity index (χ0) is 29.8. The number of hydrogen-bond donors (Lipinski definition) is 0. The average molecular weight is 530 g/mol. The fourth-order valence-corrected chi connectivity index (χ4v) is 6.39. The van der Waals surface area contributed by atoms with Crippen molar-refractivity contribution in [2.45, 2.75) is 72.1 Å². The number of pyridine rings is 1. The molecule has 0 bridgehead atoms. The Hall–Kier alpha value is -3.90. The van der Waals surface area contributed by atoms with Crippen molar-refractivity contribution in [3.63, 3.8) is 0 Å². The van der Waals surface area contributed by atoms with Crippen LogP contribution in [-0.2, 0) is 13.4 Å². The summed E-state index contributed by atoms with van der Waals surface area (Å²) in [5, 5.41) is 12.1. The van der Waals surface area contributed by atoms with Crippen molar-refractivity contribution in [2.24, 2.45) is 12.5 Å². The van der Waals surface area contributed by atoms with Crippen LogP contribution in [0.5, 0.6) is 0 Å². The molecular weight excluding hydrogens is 488 g/mol. The number of hydrogen-bond acceptors (Lipinski definition) is 2. The minimum Gasteiger partial charge on any atom is -0.454 e. The number of aryl methyl sites for hydroxylation is 2. The van der Waals surface area contributed by atoms with E-state index in [9.17, 15) is 5.26 Å². The van der Waals surface area contributed by atoms with Gasteiger partial charge in [0.15, 0.2) is 6.20 Å². The Kier molecular flexibility index (Phi) is 6.14. The molecule has 3 heteroatoms. The van der Waals surface area contributed by atoms with Gasteiger partial charge in [0.25, 0.3) is 0 Å². The Bertz CT molecular complexity index is 1850. The third-order valence-electron chi connectivity index (χ3n) is 8.34. The average Bonchev–Trinajstić information content (AvgIpc) is 3.35. The lowest BCUT2D eigenvalue weighted by molar-refractivity contribution is -0.660. The summed E-state index contributed by atoms with van der Waals surface area (Å²) in [5.41, 5.74) is 8.20. The number of rotatable bonds is 4. The Morgan fingerprint density at radius 3 is 2.27 bits per heavy atom. The van der Waals surface area contributed by atoms with Gasteiger partial charge in [-0.1, -0.05) is 76.4 Å². The van der Waals surface area contributed by atoms with Crippen LogP contribution < -0.4 is 4.57 Å². The summed E-state index contributed by atoms with van der Waals surface area (Å²) in [6, 6.07) is 23.1. The van der Waals surface area contributed by atoms with Gasteiger partial charge in [-0.05, 0) is 71.9 Å². The molecule has 0 unspecified atom stereocenters. The van der Waals surface area contributed by atoms with Gasteiger partial charge in [0.2, 0.25) is 5.69 Å². The molecule has 1 fully saturated rings. The molecule has 0 amide bonds. The number of fused-ring (bicyclic) bond motifs is 3. The molecule has 1 saturated carbocycles. The van der Waals surface area contributed by atoms with Crippen LogP contribution in [0.1, 0.15) is 83.8 Å². The van der Waals surface area contributed by atoms with Crippen molar-refractivity contribution in [3.05, 3.63) is 89.1 Å². The SMILES string of the molecule is [2H]C([2H])(c1cc[n+](C)c(-c2c(C)ccc3c2oc2c(-c4ccc(C5CCCCC5)cc4)c(C#N)ccc23)c1)C(C)(C)C. The first kappa shape index (κ1) is 23.9. The lowest BCUT2D eigenvalue weighted by atomic mass is 9.83. The summed E-state index contributed by atoms with van der Waals surface area (Å²) >= 11 is 0. The smallest absolute Gasteiger partial charge is 0.216 e. The minimum atomic E-state index is -1.52. The molecule has 1 aliphatic rings. The lowest BCUT2D eigenvalue weighted by Gasteiger charge is -2.22. The Balaban J connectivity index is 1.55. The van der Waals surface area contributed by atoms with Gasteiger partial charge in [-0.3, -0.25) is 0 Å². The van der Waals surface area contributed by atoms with Crippen molar-refractivity contribution in [1.29, 1.82) is 5.26 Å². The zero-order valence-corrected chi connectivity index (χ0v) is 24.3. The van der Waals surface area contributed by atoms with Gasteiger partial charge in [0.1, 0.15) is 18.2 Å². The topological polar surface area (TPSA) is 40.8 Å². The van der Waals surface area contributed by atoms with Gasteiger partial charge < -0.3 is 4.42 Å². The third kappa shape index (κ3) is 4.81. The molecule has 0 saturated heterocycles. The predicted molar refractivity (Wildman–Crippen MR) is 164 cm³/mol. The summed E-state index contributed by atoms with van der Waals surface area (Å²) in [4.78, 5) is 0. The number of aromatic nitrogens is 1. The highest BCUT2D eigenvalue weighted by Gasteiger charge is 2.24. The maximum Gasteiger partial charge on any atom is 0.216 e. The molecule has 5 aromatic rings. The molecule has 3 nitrogen and oxygen atoms in total. The summed E-state index contributed by atoms with van der Waals surface area (Å²) in [6.07, 6.45) is 6.84. The standard InChI is InChI=1S/C37H39N2O/c1-24-11-17-30-31-18-16-29(23-38)34(28-14-12-27(13-15-28)26-9-7-6-8-10-26)36(31)40-35(30)33(24)32-21-25(19-20-39(32)5)22-37(2,3)4/h11-21,26H,6-10,22H2,1-5H3/q+1/i22D2. The quantitative estimate of drug-likeness (QED) is 0.217. The zero-order valence-electron chi connectivity index (χ0n) is 26.3. The van der Waals surface area contributed by atoms with Crippen LogP contribution in [0.2, 0.25) is 0 Å². The van der Waals surface area contributed by atoms with E-state index in [4.69, 9.17) is 7.16 Å². The largest absolute Gasteiger partial charge is 0.454 e. The van der Waals surface area contributed by atoms with Crippen LogP contribution in [0.25, 0.3) is 44.3 Å². The van der Waals surface area contributed by atoms with E-state index < -0.39 is 11.8 Å². The summed E-state index contributed by atoms with van der Waals surface area (Å²) < 4.78 is 26.6. The first-order valence-corrected chi connectivity index (χ1v) is 14.5. The van der Waals surface area contributed by atoms with Crippen LogP contribution in [0.4, 0.5) is 0 Å². The summed E-state index contributed by atoms with van der Waals surface area (Å²) in [7, 11) is 1.99. The van der Waals surface area contributed by atoms with Gasteiger partial charge in [0, 0.05) is 31.2 Å². The molecule has 40 heavy (non-hydrogen) atoms. The van der Waals surface area contributed by atoms with Crippen molar-refractivity contribution in [3.8, 4) is 28.5 Å². The highest BCUT2D eigenvalue weighted by molar-refractivity contribution is 6.14. The van der Waals surface area contributed by atoms with Crippen molar-refractivity contribution < 1.29 is 11.7 Å². The normalized spacial score (nSPS) is 15.7. The number of furan rings is 1. The van der Waals surface area contributed by atoms with E-state index in [1.165, 1.54) is 37.7 Å². The monoisotopic (exact) mass is 529 g/mol. The van der Waals surface area contributed by atoms with E-state index in [1.54, 1.807) is 0 Å². The van der Waals surface area contributed by atoms with E-state index in [0.29, 0.717) is 22.6 Å². The van der Waals surface area contributed by atoms with Crippen molar-refractivity contribution in [2.75, 3.05) is 0 Å². The predicted octanol–water partition coefficient (Wildman–Crippen LogP) is 9.56. The Morgan fingerprint density at radius 2 is 1.60 bits per heavy atom. The maximum absolute atomic E-state index is 10.1. The maximum atomic E-state index is 10.1.